The Morgan fingerprint density at radius 2 is 2.20 bits per heavy atom. The van der Waals surface area contributed by atoms with Crippen LogP contribution in [-0.2, 0) is 0 Å². The summed E-state index contributed by atoms with van der Waals surface area (Å²) in [5, 5.41) is 9.71. The third-order valence-corrected chi connectivity index (χ3v) is 2.23. The van der Waals surface area contributed by atoms with Gasteiger partial charge in [-0.3, -0.25) is 0 Å². The van der Waals surface area contributed by atoms with Crippen molar-refractivity contribution < 1.29 is 9.84 Å². The monoisotopic (exact) mass is 204 g/mol. The first kappa shape index (κ1) is 11.6. The SMILES string of the molecule is CCC(C)(O)C#Cc1cccc(OC)c1. The smallest absolute Gasteiger partial charge is 0.122 e. The van der Waals surface area contributed by atoms with Gasteiger partial charge in [0.25, 0.3) is 0 Å². The van der Waals surface area contributed by atoms with Gasteiger partial charge in [0.1, 0.15) is 11.4 Å². The summed E-state index contributed by atoms with van der Waals surface area (Å²) >= 11 is 0. The molecule has 0 bridgehead atoms. The molecule has 0 saturated heterocycles. The van der Waals surface area contributed by atoms with Crippen molar-refractivity contribution in [2.75, 3.05) is 7.11 Å². The van der Waals surface area contributed by atoms with E-state index in [0.29, 0.717) is 6.42 Å². The van der Waals surface area contributed by atoms with Crippen molar-refractivity contribution in [2.45, 2.75) is 25.9 Å². The Balaban J connectivity index is 2.89. The number of methoxy groups -OCH3 is 1. The molecule has 0 saturated carbocycles. The zero-order chi connectivity index (χ0) is 11.3. The molecule has 1 aromatic carbocycles. The van der Waals surface area contributed by atoms with Crippen LogP contribution in [0.1, 0.15) is 25.8 Å². The van der Waals surface area contributed by atoms with Gasteiger partial charge in [-0.1, -0.05) is 24.8 Å². The van der Waals surface area contributed by atoms with E-state index in [1.165, 1.54) is 0 Å². The Kier molecular flexibility index (Phi) is 3.76. The third kappa shape index (κ3) is 3.65. The number of aliphatic hydroxyl groups is 1. The summed E-state index contributed by atoms with van der Waals surface area (Å²) in [5.41, 5.74) is -0.0635. The molecule has 0 heterocycles. The van der Waals surface area contributed by atoms with E-state index in [9.17, 15) is 5.11 Å². The predicted molar refractivity (Wildman–Crippen MR) is 60.8 cm³/mol. The molecule has 0 amide bonds. The average molecular weight is 204 g/mol. The van der Waals surface area contributed by atoms with Gasteiger partial charge in [0.15, 0.2) is 0 Å². The molecule has 80 valence electrons. The fourth-order valence-electron chi connectivity index (χ4n) is 0.996. The van der Waals surface area contributed by atoms with Gasteiger partial charge in [0.2, 0.25) is 0 Å². The van der Waals surface area contributed by atoms with Crippen LogP contribution in [0.2, 0.25) is 0 Å². The van der Waals surface area contributed by atoms with E-state index in [2.05, 4.69) is 11.8 Å². The topological polar surface area (TPSA) is 29.5 Å². The van der Waals surface area contributed by atoms with E-state index in [1.54, 1.807) is 14.0 Å². The molecule has 2 heteroatoms. The van der Waals surface area contributed by atoms with E-state index >= 15 is 0 Å². The first-order chi connectivity index (χ1) is 7.07. The summed E-state index contributed by atoms with van der Waals surface area (Å²) in [6, 6.07) is 7.48. The summed E-state index contributed by atoms with van der Waals surface area (Å²) in [5.74, 6) is 6.53. The molecule has 0 fully saturated rings. The van der Waals surface area contributed by atoms with Crippen molar-refractivity contribution in [3.05, 3.63) is 29.8 Å². The predicted octanol–water partition coefficient (Wildman–Crippen LogP) is 2.21. The Morgan fingerprint density at radius 1 is 1.47 bits per heavy atom. The van der Waals surface area contributed by atoms with Gasteiger partial charge in [-0.2, -0.15) is 0 Å². The van der Waals surface area contributed by atoms with E-state index < -0.39 is 5.60 Å². The zero-order valence-corrected chi connectivity index (χ0v) is 9.37. The molecule has 0 aliphatic heterocycles. The molecule has 0 radical (unpaired) electrons. The lowest BCUT2D eigenvalue weighted by atomic mass is 10.0. The molecule has 0 aliphatic carbocycles. The highest BCUT2D eigenvalue weighted by Gasteiger charge is 2.12. The molecule has 1 aromatic rings. The van der Waals surface area contributed by atoms with Gasteiger partial charge >= 0.3 is 0 Å². The van der Waals surface area contributed by atoms with Crippen LogP contribution in [0.3, 0.4) is 0 Å². The van der Waals surface area contributed by atoms with Crippen molar-refractivity contribution in [3.8, 4) is 17.6 Å². The van der Waals surface area contributed by atoms with Crippen LogP contribution in [0.5, 0.6) is 5.75 Å². The van der Waals surface area contributed by atoms with E-state index in [-0.39, 0.29) is 0 Å². The van der Waals surface area contributed by atoms with E-state index in [0.717, 1.165) is 11.3 Å². The normalized spacial score (nSPS) is 13.6. The van der Waals surface area contributed by atoms with Crippen LogP contribution < -0.4 is 4.74 Å². The minimum Gasteiger partial charge on any atom is -0.497 e. The van der Waals surface area contributed by atoms with Crippen molar-refractivity contribution in [3.63, 3.8) is 0 Å². The van der Waals surface area contributed by atoms with Crippen LogP contribution in [0.25, 0.3) is 0 Å². The Labute approximate surface area is 90.9 Å². The highest BCUT2D eigenvalue weighted by atomic mass is 16.5. The minimum atomic E-state index is -0.914. The summed E-state index contributed by atoms with van der Waals surface area (Å²) in [6.45, 7) is 3.61. The third-order valence-electron chi connectivity index (χ3n) is 2.23. The molecule has 0 aromatic heterocycles. The fraction of sp³-hybridized carbons (Fsp3) is 0.385. The first-order valence-corrected chi connectivity index (χ1v) is 4.97. The molecule has 1 N–H and O–H groups in total. The van der Waals surface area contributed by atoms with Gasteiger partial charge < -0.3 is 9.84 Å². The lowest BCUT2D eigenvalue weighted by Crippen LogP contribution is -2.19. The van der Waals surface area contributed by atoms with Crippen LogP contribution >= 0.6 is 0 Å². The number of rotatable bonds is 2. The van der Waals surface area contributed by atoms with Crippen LogP contribution in [0.4, 0.5) is 0 Å². The van der Waals surface area contributed by atoms with E-state index in [1.807, 2.05) is 31.2 Å². The Bertz CT molecular complexity index is 383. The van der Waals surface area contributed by atoms with Gasteiger partial charge in [0, 0.05) is 5.56 Å². The number of hydrogen-bond donors (Lipinski definition) is 1. The zero-order valence-electron chi connectivity index (χ0n) is 9.37. The van der Waals surface area contributed by atoms with Crippen molar-refractivity contribution in [1.29, 1.82) is 0 Å². The lowest BCUT2D eigenvalue weighted by Gasteiger charge is -2.11. The van der Waals surface area contributed by atoms with Crippen molar-refractivity contribution in [2.24, 2.45) is 0 Å². The summed E-state index contributed by atoms with van der Waals surface area (Å²) in [6.07, 6.45) is 0.615. The standard InChI is InChI=1S/C13H16O2/c1-4-13(2,14)9-8-11-6-5-7-12(10-11)15-3/h5-7,10,14H,4H2,1-3H3. The maximum absolute atomic E-state index is 9.71. The van der Waals surface area contributed by atoms with Crippen molar-refractivity contribution in [1.82, 2.24) is 0 Å². The molecule has 15 heavy (non-hydrogen) atoms. The summed E-state index contributed by atoms with van der Waals surface area (Å²) in [4.78, 5) is 0. The summed E-state index contributed by atoms with van der Waals surface area (Å²) in [7, 11) is 1.62. The van der Waals surface area contributed by atoms with Gasteiger partial charge in [-0.15, -0.1) is 0 Å². The lowest BCUT2D eigenvalue weighted by molar-refractivity contribution is 0.118. The molecule has 0 aliphatic rings. The van der Waals surface area contributed by atoms with Gasteiger partial charge in [-0.05, 0) is 31.5 Å². The molecule has 1 unspecified atom stereocenters. The van der Waals surface area contributed by atoms with Gasteiger partial charge in [0.05, 0.1) is 7.11 Å². The van der Waals surface area contributed by atoms with Gasteiger partial charge in [-0.25, -0.2) is 0 Å². The molecule has 1 atom stereocenters. The second kappa shape index (κ2) is 4.86. The molecule has 0 spiro atoms. The van der Waals surface area contributed by atoms with Crippen LogP contribution in [-0.4, -0.2) is 17.8 Å². The average Bonchev–Trinajstić information content (AvgIpc) is 2.27. The molecular formula is C13H16O2. The first-order valence-electron chi connectivity index (χ1n) is 4.97. The second-order valence-electron chi connectivity index (χ2n) is 3.61. The highest BCUT2D eigenvalue weighted by Crippen LogP contribution is 2.12. The van der Waals surface area contributed by atoms with Crippen molar-refractivity contribution >= 4 is 0 Å². The number of hydrogen-bond acceptors (Lipinski definition) is 2. The quantitative estimate of drug-likeness (QED) is 0.748. The maximum atomic E-state index is 9.71. The number of benzene rings is 1. The Morgan fingerprint density at radius 3 is 2.80 bits per heavy atom. The minimum absolute atomic E-state index is 0.615. The van der Waals surface area contributed by atoms with Crippen LogP contribution in [0, 0.1) is 11.8 Å². The fourth-order valence-corrected chi connectivity index (χ4v) is 0.996. The maximum Gasteiger partial charge on any atom is 0.122 e. The largest absolute Gasteiger partial charge is 0.497 e. The molecule has 1 rings (SSSR count). The molecular weight excluding hydrogens is 188 g/mol. The highest BCUT2D eigenvalue weighted by molar-refractivity contribution is 5.40. The molecule has 2 nitrogen and oxygen atoms in total. The number of ether oxygens (including phenoxy) is 1. The van der Waals surface area contributed by atoms with Crippen LogP contribution in [0.15, 0.2) is 24.3 Å². The second-order valence-corrected chi connectivity index (χ2v) is 3.61. The van der Waals surface area contributed by atoms with E-state index in [4.69, 9.17) is 4.74 Å². The summed E-state index contributed by atoms with van der Waals surface area (Å²) < 4.78 is 5.08. The Hall–Kier alpha value is -1.46.